The highest BCUT2D eigenvalue weighted by atomic mass is 15.2. The van der Waals surface area contributed by atoms with Gasteiger partial charge in [0.15, 0.2) is 0 Å². The van der Waals surface area contributed by atoms with Crippen molar-refractivity contribution in [1.82, 2.24) is 4.98 Å². The summed E-state index contributed by atoms with van der Waals surface area (Å²) >= 11 is 0. The van der Waals surface area contributed by atoms with Crippen LogP contribution in [-0.2, 0) is 0 Å². The van der Waals surface area contributed by atoms with Gasteiger partial charge in [-0.05, 0) is 41.3 Å². The highest BCUT2D eigenvalue weighted by Gasteiger charge is 2.28. The number of rotatable bonds is 2. The Bertz CT molecular complexity index is 872. The van der Waals surface area contributed by atoms with Gasteiger partial charge >= 0.3 is 0 Å². The molecule has 4 rings (SSSR count). The van der Waals surface area contributed by atoms with E-state index < -0.39 is 0 Å². The molecule has 2 heterocycles. The van der Waals surface area contributed by atoms with Crippen LogP contribution >= 0.6 is 0 Å². The average molecular weight is 299 g/mol. The van der Waals surface area contributed by atoms with Gasteiger partial charge in [-0.2, -0.15) is 5.26 Å². The Hall–Kier alpha value is -2.86. The Morgan fingerprint density at radius 2 is 1.91 bits per heavy atom. The monoisotopic (exact) mass is 299 g/mol. The van der Waals surface area contributed by atoms with E-state index in [1.807, 2.05) is 12.1 Å². The third-order valence-corrected chi connectivity index (χ3v) is 4.61. The molecule has 0 aliphatic carbocycles. The molecule has 3 heteroatoms. The highest BCUT2D eigenvalue weighted by molar-refractivity contribution is 5.86. The second kappa shape index (κ2) is 5.73. The van der Waals surface area contributed by atoms with E-state index in [0.29, 0.717) is 11.6 Å². The minimum Gasteiger partial charge on any atom is -0.350 e. The van der Waals surface area contributed by atoms with Crippen LogP contribution in [0.25, 0.3) is 10.8 Å². The number of anilines is 1. The number of nitriles is 1. The number of hydrogen-bond acceptors (Lipinski definition) is 3. The first-order valence-corrected chi connectivity index (χ1v) is 7.97. The van der Waals surface area contributed by atoms with Gasteiger partial charge in [0.25, 0.3) is 0 Å². The van der Waals surface area contributed by atoms with Crippen molar-refractivity contribution in [2.75, 3.05) is 11.4 Å². The SMILES string of the molecule is N#Cc1ccc(N2CCCC2c2cccc3ccccc23)nc1. The van der Waals surface area contributed by atoms with Crippen molar-refractivity contribution in [3.8, 4) is 6.07 Å². The van der Waals surface area contributed by atoms with E-state index in [9.17, 15) is 0 Å². The van der Waals surface area contributed by atoms with E-state index in [0.717, 1.165) is 25.2 Å². The lowest BCUT2D eigenvalue weighted by atomic mass is 9.97. The van der Waals surface area contributed by atoms with Gasteiger partial charge in [-0.1, -0.05) is 42.5 Å². The van der Waals surface area contributed by atoms with Crippen LogP contribution in [0.1, 0.15) is 30.0 Å². The van der Waals surface area contributed by atoms with Crippen molar-refractivity contribution in [1.29, 1.82) is 5.26 Å². The topological polar surface area (TPSA) is 39.9 Å². The van der Waals surface area contributed by atoms with Crippen LogP contribution in [0.3, 0.4) is 0 Å². The second-order valence-corrected chi connectivity index (χ2v) is 5.94. The number of hydrogen-bond donors (Lipinski definition) is 0. The van der Waals surface area contributed by atoms with Gasteiger partial charge in [0.2, 0.25) is 0 Å². The third kappa shape index (κ3) is 2.43. The largest absolute Gasteiger partial charge is 0.350 e. The number of nitrogens with zero attached hydrogens (tertiary/aromatic N) is 3. The molecule has 1 aromatic heterocycles. The summed E-state index contributed by atoms with van der Waals surface area (Å²) < 4.78 is 0. The Morgan fingerprint density at radius 3 is 2.74 bits per heavy atom. The van der Waals surface area contributed by atoms with Gasteiger partial charge in [0, 0.05) is 12.7 Å². The van der Waals surface area contributed by atoms with Gasteiger partial charge in [0.1, 0.15) is 11.9 Å². The van der Waals surface area contributed by atoms with Crippen LogP contribution in [-0.4, -0.2) is 11.5 Å². The predicted octanol–water partition coefficient (Wildman–Crippen LogP) is 4.45. The molecular weight excluding hydrogens is 282 g/mol. The van der Waals surface area contributed by atoms with Gasteiger partial charge in [0.05, 0.1) is 11.6 Å². The van der Waals surface area contributed by atoms with Gasteiger partial charge in [-0.3, -0.25) is 0 Å². The molecule has 1 atom stereocenters. The molecule has 1 aliphatic rings. The lowest BCUT2D eigenvalue weighted by Crippen LogP contribution is -2.23. The fraction of sp³-hybridized carbons (Fsp3) is 0.200. The maximum Gasteiger partial charge on any atom is 0.129 e. The van der Waals surface area contributed by atoms with Gasteiger partial charge < -0.3 is 4.90 Å². The highest BCUT2D eigenvalue weighted by Crippen LogP contribution is 2.38. The van der Waals surface area contributed by atoms with Crippen LogP contribution in [0.2, 0.25) is 0 Å². The Kier molecular flexibility index (Phi) is 3.44. The average Bonchev–Trinajstić information content (AvgIpc) is 3.11. The number of fused-ring (bicyclic) bond motifs is 1. The smallest absolute Gasteiger partial charge is 0.129 e. The molecule has 1 fully saturated rings. The standard InChI is InChI=1S/C20H17N3/c21-13-15-10-11-20(22-14-15)23-12-4-9-19(23)18-8-3-6-16-5-1-2-7-17(16)18/h1-3,5-8,10-11,14,19H,4,9,12H2. The Labute approximate surface area is 135 Å². The molecular formula is C20H17N3. The van der Waals surface area contributed by atoms with Crippen LogP contribution in [0.15, 0.2) is 60.8 Å². The zero-order valence-electron chi connectivity index (χ0n) is 12.8. The molecule has 3 aromatic rings. The van der Waals surface area contributed by atoms with Crippen molar-refractivity contribution in [3.63, 3.8) is 0 Å². The molecule has 1 unspecified atom stereocenters. The number of benzene rings is 2. The normalized spacial score (nSPS) is 17.3. The van der Waals surface area contributed by atoms with Gasteiger partial charge in [-0.15, -0.1) is 0 Å². The molecule has 112 valence electrons. The summed E-state index contributed by atoms with van der Waals surface area (Å²) in [6, 6.07) is 21.4. The Morgan fingerprint density at radius 1 is 1.04 bits per heavy atom. The first kappa shape index (κ1) is 13.8. The minimum atomic E-state index is 0.349. The summed E-state index contributed by atoms with van der Waals surface area (Å²) in [6.07, 6.45) is 3.96. The van der Waals surface area contributed by atoms with Crippen molar-refractivity contribution < 1.29 is 0 Å². The quantitative estimate of drug-likeness (QED) is 0.702. The van der Waals surface area contributed by atoms with Crippen molar-refractivity contribution in [2.24, 2.45) is 0 Å². The molecule has 0 radical (unpaired) electrons. The van der Waals surface area contributed by atoms with E-state index in [4.69, 9.17) is 5.26 Å². The number of aromatic nitrogens is 1. The summed E-state index contributed by atoms with van der Waals surface area (Å²) in [7, 11) is 0. The van der Waals surface area contributed by atoms with Crippen molar-refractivity contribution in [3.05, 3.63) is 71.9 Å². The van der Waals surface area contributed by atoms with E-state index in [1.54, 1.807) is 6.20 Å². The van der Waals surface area contributed by atoms with E-state index >= 15 is 0 Å². The first-order valence-electron chi connectivity index (χ1n) is 7.97. The molecule has 1 saturated heterocycles. The van der Waals surface area contributed by atoms with E-state index in [1.165, 1.54) is 16.3 Å². The molecule has 2 aromatic carbocycles. The summed E-state index contributed by atoms with van der Waals surface area (Å²) in [4.78, 5) is 6.85. The molecule has 23 heavy (non-hydrogen) atoms. The third-order valence-electron chi connectivity index (χ3n) is 4.61. The molecule has 1 aliphatic heterocycles. The summed E-state index contributed by atoms with van der Waals surface area (Å²) in [5.74, 6) is 0.958. The molecule has 0 spiro atoms. The van der Waals surface area contributed by atoms with Crippen molar-refractivity contribution in [2.45, 2.75) is 18.9 Å². The fourth-order valence-electron chi connectivity index (χ4n) is 3.53. The first-order chi connectivity index (χ1) is 11.4. The molecule has 0 amide bonds. The van der Waals surface area contributed by atoms with Gasteiger partial charge in [-0.25, -0.2) is 4.98 Å². The summed E-state index contributed by atoms with van der Waals surface area (Å²) in [5.41, 5.74) is 1.97. The van der Waals surface area contributed by atoms with Crippen LogP contribution in [0.4, 0.5) is 5.82 Å². The summed E-state index contributed by atoms with van der Waals surface area (Å²) in [5, 5.41) is 11.5. The second-order valence-electron chi connectivity index (χ2n) is 5.94. The lowest BCUT2D eigenvalue weighted by molar-refractivity contribution is 0.717. The molecule has 0 saturated carbocycles. The maximum atomic E-state index is 8.94. The maximum absolute atomic E-state index is 8.94. The van der Waals surface area contributed by atoms with E-state index in [2.05, 4.69) is 58.4 Å². The fourth-order valence-corrected chi connectivity index (χ4v) is 3.53. The van der Waals surface area contributed by atoms with Crippen LogP contribution in [0, 0.1) is 11.3 Å². The van der Waals surface area contributed by atoms with E-state index in [-0.39, 0.29) is 0 Å². The summed E-state index contributed by atoms with van der Waals surface area (Å²) in [6.45, 7) is 1.01. The Balaban J connectivity index is 1.76. The zero-order chi connectivity index (χ0) is 15.6. The lowest BCUT2D eigenvalue weighted by Gasteiger charge is -2.27. The zero-order valence-corrected chi connectivity index (χ0v) is 12.8. The molecule has 0 bridgehead atoms. The number of pyridine rings is 1. The van der Waals surface area contributed by atoms with Crippen LogP contribution in [0.5, 0.6) is 0 Å². The molecule has 0 N–H and O–H groups in total. The van der Waals surface area contributed by atoms with Crippen LogP contribution < -0.4 is 4.90 Å². The predicted molar refractivity (Wildman–Crippen MR) is 92.2 cm³/mol. The molecule has 3 nitrogen and oxygen atoms in total. The minimum absolute atomic E-state index is 0.349. The van der Waals surface area contributed by atoms with Crippen molar-refractivity contribution >= 4 is 16.6 Å².